The molecule has 3 rings (SSSR count). The van der Waals surface area contributed by atoms with E-state index in [0.29, 0.717) is 30.5 Å². The van der Waals surface area contributed by atoms with Crippen molar-refractivity contribution >= 4 is 27.8 Å². The van der Waals surface area contributed by atoms with E-state index in [1.807, 2.05) is 13.0 Å². The summed E-state index contributed by atoms with van der Waals surface area (Å²) >= 11 is 0. The molecule has 0 saturated carbocycles. The minimum atomic E-state index is -4.23. The molecule has 0 spiro atoms. The van der Waals surface area contributed by atoms with Gasteiger partial charge in [-0.05, 0) is 60.4 Å². The number of hydrogen-bond acceptors (Lipinski definition) is 8. The van der Waals surface area contributed by atoms with Gasteiger partial charge in [0.1, 0.15) is 10.6 Å². The third-order valence-corrected chi connectivity index (χ3v) is 7.31. The Morgan fingerprint density at radius 3 is 2.46 bits per heavy atom. The number of rotatable bonds is 9. The number of amides is 2. The van der Waals surface area contributed by atoms with Gasteiger partial charge in [-0.25, -0.2) is 17.9 Å². The van der Waals surface area contributed by atoms with Crippen LogP contribution in [0.1, 0.15) is 46.4 Å². The van der Waals surface area contributed by atoms with Crippen molar-refractivity contribution < 1.29 is 32.3 Å². The first kappa shape index (κ1) is 27.6. The molecular formula is C25H28N4O7S. The largest absolute Gasteiger partial charge is 0.495 e. The molecule has 1 heterocycles. The lowest BCUT2D eigenvalue weighted by atomic mass is 9.91. The maximum atomic E-state index is 13.3. The second kappa shape index (κ2) is 11.9. The Hall–Kier alpha value is -3.95. The lowest BCUT2D eigenvalue weighted by molar-refractivity contribution is -0.146. The van der Waals surface area contributed by atoms with Crippen LogP contribution in [0.4, 0.5) is 0 Å². The first-order valence-electron chi connectivity index (χ1n) is 11.5. The Bertz CT molecular complexity index is 1330. The average Bonchev–Trinajstić information content (AvgIpc) is 2.92. The van der Waals surface area contributed by atoms with Crippen LogP contribution in [0.25, 0.3) is 0 Å². The van der Waals surface area contributed by atoms with Crippen LogP contribution in [0.5, 0.6) is 5.75 Å². The maximum Gasteiger partial charge on any atom is 0.333 e. The van der Waals surface area contributed by atoms with Gasteiger partial charge in [-0.3, -0.25) is 9.59 Å². The van der Waals surface area contributed by atoms with Crippen molar-refractivity contribution in [3.63, 3.8) is 0 Å². The van der Waals surface area contributed by atoms with Crippen LogP contribution in [0.2, 0.25) is 0 Å². The summed E-state index contributed by atoms with van der Waals surface area (Å²) in [6.07, 6.45) is 1.03. The molecule has 11 nitrogen and oxygen atoms in total. The zero-order valence-electron chi connectivity index (χ0n) is 20.7. The fraction of sp³-hybridized carbons (Fsp3) is 0.360. The van der Waals surface area contributed by atoms with Crippen molar-refractivity contribution in [1.29, 1.82) is 5.26 Å². The van der Waals surface area contributed by atoms with Gasteiger partial charge in [0.25, 0.3) is 5.91 Å². The normalized spacial score (nSPS) is 14.8. The molecule has 1 unspecified atom stereocenters. The van der Waals surface area contributed by atoms with E-state index in [-0.39, 0.29) is 28.3 Å². The van der Waals surface area contributed by atoms with Gasteiger partial charge in [0, 0.05) is 18.7 Å². The number of hydrogen-bond donors (Lipinski definition) is 2. The maximum absolute atomic E-state index is 13.3. The Balaban J connectivity index is 2.01. The predicted molar refractivity (Wildman–Crippen MR) is 132 cm³/mol. The van der Waals surface area contributed by atoms with E-state index in [0.717, 1.165) is 0 Å². The Morgan fingerprint density at radius 2 is 1.86 bits per heavy atom. The number of esters is 1. The van der Waals surface area contributed by atoms with Crippen molar-refractivity contribution in [2.75, 3.05) is 33.9 Å². The van der Waals surface area contributed by atoms with E-state index >= 15 is 0 Å². The van der Waals surface area contributed by atoms with Crippen LogP contribution < -0.4 is 14.8 Å². The van der Waals surface area contributed by atoms with E-state index in [2.05, 4.69) is 10.0 Å². The highest BCUT2D eigenvalue weighted by molar-refractivity contribution is 7.89. The van der Waals surface area contributed by atoms with Gasteiger partial charge in [0.15, 0.2) is 6.04 Å². The SMILES string of the molecule is CCCNC(=O)CNS(=O)(=O)c1cc2c(cc1OC)CCN(C(=O)c1ccc(C#N)cc1)C2C(=O)OC. The molecule has 1 atom stereocenters. The molecule has 2 N–H and O–H groups in total. The molecule has 2 aromatic carbocycles. The van der Waals surface area contributed by atoms with E-state index in [9.17, 15) is 22.8 Å². The number of nitrogens with zero attached hydrogens (tertiary/aromatic N) is 2. The number of fused-ring (bicyclic) bond motifs is 1. The number of carbonyl (C=O) groups is 3. The van der Waals surface area contributed by atoms with Crippen molar-refractivity contribution in [3.8, 4) is 11.8 Å². The molecule has 0 saturated heterocycles. The van der Waals surface area contributed by atoms with Crippen molar-refractivity contribution in [3.05, 3.63) is 58.7 Å². The van der Waals surface area contributed by atoms with Gasteiger partial charge in [-0.2, -0.15) is 5.26 Å². The molecule has 196 valence electrons. The summed E-state index contributed by atoms with van der Waals surface area (Å²) in [6, 6.07) is 9.52. The summed E-state index contributed by atoms with van der Waals surface area (Å²) in [6.45, 7) is 1.96. The fourth-order valence-electron chi connectivity index (χ4n) is 4.00. The predicted octanol–water partition coefficient (Wildman–Crippen LogP) is 1.28. The van der Waals surface area contributed by atoms with Gasteiger partial charge in [0.05, 0.1) is 32.4 Å². The first-order chi connectivity index (χ1) is 17.7. The molecule has 0 fully saturated rings. The molecule has 2 aromatic rings. The van der Waals surface area contributed by atoms with E-state index in [4.69, 9.17) is 14.7 Å². The summed E-state index contributed by atoms with van der Waals surface area (Å²) in [5, 5.41) is 11.6. The smallest absolute Gasteiger partial charge is 0.333 e. The van der Waals surface area contributed by atoms with Gasteiger partial charge >= 0.3 is 5.97 Å². The summed E-state index contributed by atoms with van der Waals surface area (Å²) in [7, 11) is -1.74. The monoisotopic (exact) mass is 528 g/mol. The Morgan fingerprint density at radius 1 is 1.16 bits per heavy atom. The molecule has 0 aliphatic carbocycles. The van der Waals surface area contributed by atoms with Crippen LogP contribution in [-0.4, -0.2) is 65.0 Å². The van der Waals surface area contributed by atoms with E-state index in [1.165, 1.54) is 55.5 Å². The Labute approximate surface area is 215 Å². The summed E-state index contributed by atoms with van der Waals surface area (Å²) < 4.78 is 38.8. The van der Waals surface area contributed by atoms with Crippen LogP contribution in [-0.2, 0) is 30.8 Å². The number of sulfonamides is 1. The zero-order chi connectivity index (χ0) is 27.2. The molecule has 0 aromatic heterocycles. The quantitative estimate of drug-likeness (QED) is 0.461. The molecule has 0 radical (unpaired) electrons. The number of methoxy groups -OCH3 is 2. The molecule has 37 heavy (non-hydrogen) atoms. The van der Waals surface area contributed by atoms with Gasteiger partial charge in [-0.1, -0.05) is 6.92 Å². The second-order valence-electron chi connectivity index (χ2n) is 8.24. The van der Waals surface area contributed by atoms with Crippen molar-refractivity contribution in [2.45, 2.75) is 30.7 Å². The van der Waals surface area contributed by atoms with Gasteiger partial charge in [0.2, 0.25) is 15.9 Å². The standard InChI is InChI=1S/C25H28N4O7S/c1-4-10-27-22(30)15-28-37(33,34)21-13-19-18(12-20(21)35-2)9-11-29(23(19)25(32)36-3)24(31)17-7-5-16(14-26)6-8-17/h5-8,12-13,23,28H,4,9-11,15H2,1-3H3,(H,27,30). The minimum absolute atomic E-state index is 0.0377. The average molecular weight is 529 g/mol. The van der Waals surface area contributed by atoms with Crippen molar-refractivity contribution in [1.82, 2.24) is 14.9 Å². The highest BCUT2D eigenvalue weighted by Crippen LogP contribution is 2.37. The molecular weight excluding hydrogens is 500 g/mol. The second-order valence-corrected chi connectivity index (χ2v) is 9.98. The van der Waals surface area contributed by atoms with Crippen LogP contribution >= 0.6 is 0 Å². The summed E-state index contributed by atoms with van der Waals surface area (Å²) in [5.41, 5.74) is 1.54. The Kier molecular flexibility index (Phi) is 8.86. The molecule has 1 aliphatic heterocycles. The van der Waals surface area contributed by atoms with Gasteiger partial charge < -0.3 is 19.7 Å². The van der Waals surface area contributed by atoms with Crippen LogP contribution in [0, 0.1) is 11.3 Å². The third kappa shape index (κ3) is 6.07. The van der Waals surface area contributed by atoms with Crippen LogP contribution in [0.3, 0.4) is 0 Å². The highest BCUT2D eigenvalue weighted by Gasteiger charge is 2.39. The summed E-state index contributed by atoms with van der Waals surface area (Å²) in [5.74, 6) is -1.68. The number of nitrogens with one attached hydrogen (secondary N) is 2. The van der Waals surface area contributed by atoms with Crippen LogP contribution in [0.15, 0.2) is 41.3 Å². The molecule has 0 bridgehead atoms. The molecule has 2 amide bonds. The summed E-state index contributed by atoms with van der Waals surface area (Å²) in [4.78, 5) is 39.2. The van der Waals surface area contributed by atoms with Crippen molar-refractivity contribution in [2.24, 2.45) is 0 Å². The van der Waals surface area contributed by atoms with E-state index < -0.39 is 40.4 Å². The fourth-order valence-corrected chi connectivity index (χ4v) is 5.17. The minimum Gasteiger partial charge on any atom is -0.495 e. The topological polar surface area (TPSA) is 155 Å². The molecule has 1 aliphatic rings. The van der Waals surface area contributed by atoms with E-state index in [1.54, 1.807) is 0 Å². The number of benzene rings is 2. The lowest BCUT2D eigenvalue weighted by Gasteiger charge is -2.36. The van der Waals surface area contributed by atoms with Gasteiger partial charge in [-0.15, -0.1) is 0 Å². The highest BCUT2D eigenvalue weighted by atomic mass is 32.2. The first-order valence-corrected chi connectivity index (χ1v) is 13.0. The molecule has 12 heteroatoms. The zero-order valence-corrected chi connectivity index (χ0v) is 21.6. The number of nitriles is 1. The number of ether oxygens (including phenoxy) is 2. The number of carbonyl (C=O) groups excluding carboxylic acids is 3. The lowest BCUT2D eigenvalue weighted by Crippen LogP contribution is -2.44. The third-order valence-electron chi connectivity index (χ3n) is 5.88.